The third-order valence-corrected chi connectivity index (χ3v) is 3.18. The second-order valence-corrected chi connectivity index (χ2v) is 4.89. The second kappa shape index (κ2) is 6.39. The van der Waals surface area contributed by atoms with E-state index in [1.807, 2.05) is 13.8 Å². The molecule has 0 saturated heterocycles. The van der Waals surface area contributed by atoms with Crippen molar-refractivity contribution in [2.75, 3.05) is 5.32 Å². The van der Waals surface area contributed by atoms with Gasteiger partial charge in [0.25, 0.3) is 0 Å². The highest BCUT2D eigenvalue weighted by atomic mass is 79.9. The first-order valence-corrected chi connectivity index (χ1v) is 6.37. The molecule has 98 valence electrons. The lowest BCUT2D eigenvalue weighted by molar-refractivity contribution is -0.119. The van der Waals surface area contributed by atoms with Crippen LogP contribution in [-0.4, -0.2) is 17.0 Å². The van der Waals surface area contributed by atoms with Crippen molar-refractivity contribution in [2.24, 2.45) is 16.8 Å². The SMILES string of the molecule is CCC(C)C(=O)Nc1cc(Br)ccc1/C(N)=N/O. The van der Waals surface area contributed by atoms with Gasteiger partial charge in [0.2, 0.25) is 5.91 Å². The number of amidine groups is 1. The quantitative estimate of drug-likeness (QED) is 0.345. The maximum Gasteiger partial charge on any atom is 0.227 e. The maximum atomic E-state index is 11.8. The lowest BCUT2D eigenvalue weighted by Gasteiger charge is -2.13. The first kappa shape index (κ1) is 14.5. The van der Waals surface area contributed by atoms with Crippen LogP contribution < -0.4 is 11.1 Å². The number of anilines is 1. The van der Waals surface area contributed by atoms with E-state index in [4.69, 9.17) is 10.9 Å². The van der Waals surface area contributed by atoms with Gasteiger partial charge < -0.3 is 16.3 Å². The Morgan fingerprint density at radius 2 is 2.28 bits per heavy atom. The summed E-state index contributed by atoms with van der Waals surface area (Å²) in [5.41, 5.74) is 6.57. The Balaban J connectivity index is 3.07. The van der Waals surface area contributed by atoms with Crippen LogP contribution in [0.1, 0.15) is 25.8 Å². The zero-order valence-electron chi connectivity index (χ0n) is 10.3. The van der Waals surface area contributed by atoms with Crippen LogP contribution in [0.3, 0.4) is 0 Å². The van der Waals surface area contributed by atoms with E-state index in [-0.39, 0.29) is 17.7 Å². The van der Waals surface area contributed by atoms with E-state index >= 15 is 0 Å². The van der Waals surface area contributed by atoms with Crippen LogP contribution in [0.25, 0.3) is 0 Å². The zero-order chi connectivity index (χ0) is 13.7. The number of oxime groups is 1. The zero-order valence-corrected chi connectivity index (χ0v) is 11.9. The summed E-state index contributed by atoms with van der Waals surface area (Å²) in [6.45, 7) is 3.78. The molecule has 0 fully saturated rings. The third kappa shape index (κ3) is 3.46. The van der Waals surface area contributed by atoms with Gasteiger partial charge in [-0.2, -0.15) is 0 Å². The van der Waals surface area contributed by atoms with E-state index < -0.39 is 0 Å². The lowest BCUT2D eigenvalue weighted by Crippen LogP contribution is -2.23. The molecule has 0 spiro atoms. The van der Waals surface area contributed by atoms with Crippen LogP contribution >= 0.6 is 15.9 Å². The number of amides is 1. The summed E-state index contributed by atoms with van der Waals surface area (Å²) in [4.78, 5) is 11.8. The third-order valence-electron chi connectivity index (χ3n) is 2.68. The summed E-state index contributed by atoms with van der Waals surface area (Å²) in [5.74, 6) is -0.228. The Hall–Kier alpha value is -1.56. The van der Waals surface area contributed by atoms with E-state index in [2.05, 4.69) is 26.4 Å². The number of rotatable bonds is 4. The normalized spacial score (nSPS) is 13.2. The second-order valence-electron chi connectivity index (χ2n) is 3.97. The van der Waals surface area contributed by atoms with Crippen molar-refractivity contribution < 1.29 is 10.0 Å². The first-order chi connectivity index (χ1) is 8.49. The largest absolute Gasteiger partial charge is 0.409 e. The topological polar surface area (TPSA) is 87.7 Å². The van der Waals surface area contributed by atoms with Gasteiger partial charge in [0.1, 0.15) is 0 Å². The molecule has 0 aliphatic rings. The summed E-state index contributed by atoms with van der Waals surface area (Å²) in [5, 5.41) is 14.4. The van der Waals surface area contributed by atoms with Gasteiger partial charge in [0, 0.05) is 16.0 Å². The van der Waals surface area contributed by atoms with E-state index in [0.717, 1.165) is 10.9 Å². The number of halogens is 1. The molecule has 0 bridgehead atoms. The van der Waals surface area contributed by atoms with Crippen molar-refractivity contribution in [3.8, 4) is 0 Å². The number of hydrogen-bond donors (Lipinski definition) is 3. The van der Waals surface area contributed by atoms with Crippen molar-refractivity contribution in [3.63, 3.8) is 0 Å². The predicted molar refractivity (Wildman–Crippen MR) is 74.7 cm³/mol. The molecule has 0 aliphatic carbocycles. The molecule has 4 N–H and O–H groups in total. The number of hydrogen-bond acceptors (Lipinski definition) is 3. The van der Waals surface area contributed by atoms with Gasteiger partial charge in [-0.25, -0.2) is 0 Å². The highest BCUT2D eigenvalue weighted by Crippen LogP contribution is 2.22. The highest BCUT2D eigenvalue weighted by Gasteiger charge is 2.14. The molecule has 1 amide bonds. The van der Waals surface area contributed by atoms with Crippen LogP contribution in [0.5, 0.6) is 0 Å². The van der Waals surface area contributed by atoms with Gasteiger partial charge in [0.15, 0.2) is 5.84 Å². The summed E-state index contributed by atoms with van der Waals surface area (Å²) >= 11 is 3.32. The van der Waals surface area contributed by atoms with Crippen molar-refractivity contribution in [1.29, 1.82) is 0 Å². The first-order valence-electron chi connectivity index (χ1n) is 5.57. The Bertz CT molecular complexity index is 474. The molecule has 1 atom stereocenters. The molecule has 1 aromatic rings. The monoisotopic (exact) mass is 313 g/mol. The summed E-state index contributed by atoms with van der Waals surface area (Å²) in [7, 11) is 0. The summed E-state index contributed by atoms with van der Waals surface area (Å²) in [6.07, 6.45) is 0.749. The molecule has 18 heavy (non-hydrogen) atoms. The lowest BCUT2D eigenvalue weighted by atomic mass is 10.1. The van der Waals surface area contributed by atoms with E-state index in [1.165, 1.54) is 0 Å². The molecule has 1 aromatic carbocycles. The average molecular weight is 314 g/mol. The molecular formula is C12H16BrN3O2. The van der Waals surface area contributed by atoms with E-state index in [1.54, 1.807) is 18.2 Å². The molecule has 0 saturated carbocycles. The molecule has 5 nitrogen and oxygen atoms in total. The van der Waals surface area contributed by atoms with Gasteiger partial charge in [-0.3, -0.25) is 4.79 Å². The fourth-order valence-corrected chi connectivity index (χ4v) is 1.70. The maximum absolute atomic E-state index is 11.8. The number of benzene rings is 1. The van der Waals surface area contributed by atoms with Gasteiger partial charge >= 0.3 is 0 Å². The summed E-state index contributed by atoms with van der Waals surface area (Å²) in [6, 6.07) is 5.14. The van der Waals surface area contributed by atoms with Crippen molar-refractivity contribution in [1.82, 2.24) is 0 Å². The van der Waals surface area contributed by atoms with Crippen LogP contribution in [0, 0.1) is 5.92 Å². The molecule has 0 aromatic heterocycles. The van der Waals surface area contributed by atoms with Gasteiger partial charge in [-0.1, -0.05) is 34.9 Å². The Morgan fingerprint density at radius 3 is 2.83 bits per heavy atom. The molecular weight excluding hydrogens is 298 g/mol. The van der Waals surface area contributed by atoms with Gasteiger partial charge in [0.05, 0.1) is 5.69 Å². The van der Waals surface area contributed by atoms with Crippen LogP contribution in [-0.2, 0) is 4.79 Å². The fourth-order valence-electron chi connectivity index (χ4n) is 1.34. The number of carbonyl (C=O) groups excluding carboxylic acids is 1. The van der Waals surface area contributed by atoms with Crippen LogP contribution in [0.2, 0.25) is 0 Å². The van der Waals surface area contributed by atoms with Gasteiger partial charge in [-0.05, 0) is 24.6 Å². The molecule has 0 aliphatic heterocycles. The number of nitrogens with zero attached hydrogens (tertiary/aromatic N) is 1. The smallest absolute Gasteiger partial charge is 0.227 e. The molecule has 0 heterocycles. The Kier molecular flexibility index (Phi) is 5.15. The summed E-state index contributed by atoms with van der Waals surface area (Å²) < 4.78 is 0.802. The molecule has 6 heteroatoms. The predicted octanol–water partition coefficient (Wildman–Crippen LogP) is 2.53. The molecule has 1 rings (SSSR count). The van der Waals surface area contributed by atoms with Crippen LogP contribution in [0.4, 0.5) is 5.69 Å². The van der Waals surface area contributed by atoms with E-state index in [0.29, 0.717) is 11.3 Å². The number of carbonyl (C=O) groups is 1. The number of nitrogens with two attached hydrogens (primary N) is 1. The number of nitrogens with one attached hydrogen (secondary N) is 1. The minimum Gasteiger partial charge on any atom is -0.409 e. The van der Waals surface area contributed by atoms with Crippen LogP contribution in [0.15, 0.2) is 27.8 Å². The average Bonchev–Trinajstić information content (AvgIpc) is 2.37. The van der Waals surface area contributed by atoms with Gasteiger partial charge in [-0.15, -0.1) is 0 Å². The molecule has 1 unspecified atom stereocenters. The van der Waals surface area contributed by atoms with Crippen molar-refractivity contribution in [2.45, 2.75) is 20.3 Å². The fraction of sp³-hybridized carbons (Fsp3) is 0.333. The minimum atomic E-state index is -0.0948. The van der Waals surface area contributed by atoms with Crippen molar-refractivity contribution >= 4 is 33.4 Å². The highest BCUT2D eigenvalue weighted by molar-refractivity contribution is 9.10. The van der Waals surface area contributed by atoms with Crippen molar-refractivity contribution in [3.05, 3.63) is 28.2 Å². The molecule has 0 radical (unpaired) electrons. The standard InChI is InChI=1S/C12H16BrN3O2/c1-3-7(2)12(17)15-10-6-8(13)4-5-9(10)11(14)16-18/h4-7,18H,3H2,1-2H3,(H2,14,16)(H,15,17). The minimum absolute atomic E-state index is 0.0399. The Morgan fingerprint density at radius 1 is 1.61 bits per heavy atom. The Labute approximate surface area is 114 Å². The van der Waals surface area contributed by atoms with E-state index in [9.17, 15) is 4.79 Å².